The van der Waals surface area contributed by atoms with Crippen LogP contribution in [0.15, 0.2) is 5.16 Å². The van der Waals surface area contributed by atoms with Crippen LogP contribution in [0.1, 0.15) is 6.92 Å². The lowest BCUT2D eigenvalue weighted by molar-refractivity contribution is 0.132. The summed E-state index contributed by atoms with van der Waals surface area (Å²) in [6.07, 6.45) is -0.650. The number of rotatable bonds is 1. The van der Waals surface area contributed by atoms with Gasteiger partial charge in [0.15, 0.2) is 0 Å². The average Bonchev–Trinajstić information content (AvgIpc) is 2.02. The molecule has 0 saturated heterocycles. The molecule has 0 aromatic heterocycles. The number of amides is 1. The Morgan fingerprint density at radius 3 is 2.73 bits per heavy atom. The highest BCUT2D eigenvalue weighted by Crippen LogP contribution is 1.88. The second kappa shape index (κ2) is 4.37. The van der Waals surface area contributed by atoms with E-state index in [0.29, 0.717) is 0 Å². The number of ether oxygens (including phenoxy) is 1. The van der Waals surface area contributed by atoms with Crippen LogP contribution in [0.3, 0.4) is 0 Å². The van der Waals surface area contributed by atoms with E-state index >= 15 is 0 Å². The molecule has 6 heteroatoms. The van der Waals surface area contributed by atoms with Gasteiger partial charge in [-0.1, -0.05) is 5.16 Å². The molecular formula is C5H11N3O3. The van der Waals surface area contributed by atoms with Gasteiger partial charge in [-0.25, -0.2) is 9.69 Å². The Kier molecular flexibility index (Phi) is 3.79. The van der Waals surface area contributed by atoms with Gasteiger partial charge in [-0.05, 0) is 6.92 Å². The van der Waals surface area contributed by atoms with E-state index in [1.807, 2.05) is 0 Å². The Labute approximate surface area is 64.2 Å². The zero-order valence-electron chi connectivity index (χ0n) is 6.44. The molecule has 64 valence electrons. The minimum atomic E-state index is -0.650. The van der Waals surface area contributed by atoms with E-state index < -0.39 is 6.09 Å². The van der Waals surface area contributed by atoms with Crippen molar-refractivity contribution in [1.82, 2.24) is 4.90 Å². The number of hydrogen-bond acceptors (Lipinski definition) is 4. The van der Waals surface area contributed by atoms with Crippen LogP contribution in [-0.2, 0) is 4.74 Å². The number of carbonyl (C=O) groups is 1. The van der Waals surface area contributed by atoms with E-state index in [2.05, 4.69) is 9.89 Å². The van der Waals surface area contributed by atoms with Gasteiger partial charge >= 0.3 is 6.09 Å². The van der Waals surface area contributed by atoms with E-state index in [0.717, 1.165) is 4.90 Å². The summed E-state index contributed by atoms with van der Waals surface area (Å²) in [6, 6.07) is 0. The molecule has 0 aromatic carbocycles. The van der Waals surface area contributed by atoms with Crippen molar-refractivity contribution in [2.24, 2.45) is 10.9 Å². The highest BCUT2D eigenvalue weighted by Gasteiger charge is 2.12. The monoisotopic (exact) mass is 161 g/mol. The van der Waals surface area contributed by atoms with Gasteiger partial charge in [0.05, 0.1) is 6.61 Å². The van der Waals surface area contributed by atoms with E-state index in [9.17, 15) is 4.79 Å². The molecule has 0 radical (unpaired) electrons. The number of nitrogens with zero attached hydrogens (tertiary/aromatic N) is 2. The average molecular weight is 161 g/mol. The first kappa shape index (κ1) is 9.54. The van der Waals surface area contributed by atoms with Crippen molar-refractivity contribution in [3.05, 3.63) is 0 Å². The third-order valence-corrected chi connectivity index (χ3v) is 0.988. The first-order valence-corrected chi connectivity index (χ1v) is 3.01. The molecule has 0 aliphatic rings. The SMILES string of the molecule is CCOC(=O)N(C)/C(N)=N/O. The van der Waals surface area contributed by atoms with E-state index in [4.69, 9.17) is 10.9 Å². The normalized spacial score (nSPS) is 10.9. The Bertz CT molecular complexity index is 168. The van der Waals surface area contributed by atoms with Gasteiger partial charge < -0.3 is 15.7 Å². The van der Waals surface area contributed by atoms with Crippen molar-refractivity contribution in [1.29, 1.82) is 0 Å². The lowest BCUT2D eigenvalue weighted by atomic mass is 10.8. The number of nitrogens with two attached hydrogens (primary N) is 1. The highest BCUT2D eigenvalue weighted by molar-refractivity contribution is 5.92. The molecule has 0 unspecified atom stereocenters. The summed E-state index contributed by atoms with van der Waals surface area (Å²) in [7, 11) is 1.34. The molecule has 1 amide bonds. The molecular weight excluding hydrogens is 150 g/mol. The van der Waals surface area contributed by atoms with Gasteiger partial charge in [0.2, 0.25) is 5.96 Å². The van der Waals surface area contributed by atoms with Gasteiger partial charge in [0.1, 0.15) is 0 Å². The molecule has 0 bridgehead atoms. The Hall–Kier alpha value is -1.46. The summed E-state index contributed by atoms with van der Waals surface area (Å²) < 4.78 is 4.54. The third-order valence-electron chi connectivity index (χ3n) is 0.988. The molecule has 0 heterocycles. The summed E-state index contributed by atoms with van der Waals surface area (Å²) in [6.45, 7) is 1.92. The van der Waals surface area contributed by atoms with Crippen molar-refractivity contribution in [3.8, 4) is 0 Å². The van der Waals surface area contributed by atoms with E-state index in [-0.39, 0.29) is 12.6 Å². The van der Waals surface area contributed by atoms with Crippen molar-refractivity contribution in [2.45, 2.75) is 6.92 Å². The molecule has 0 rings (SSSR count). The van der Waals surface area contributed by atoms with Gasteiger partial charge in [0.25, 0.3) is 0 Å². The van der Waals surface area contributed by atoms with Crippen LogP contribution in [-0.4, -0.2) is 35.8 Å². The van der Waals surface area contributed by atoms with Crippen LogP contribution in [0.4, 0.5) is 4.79 Å². The zero-order chi connectivity index (χ0) is 8.85. The topological polar surface area (TPSA) is 88.2 Å². The molecule has 0 atom stereocenters. The molecule has 0 aromatic rings. The molecule has 0 aliphatic heterocycles. The van der Waals surface area contributed by atoms with Gasteiger partial charge in [0, 0.05) is 7.05 Å². The lowest BCUT2D eigenvalue weighted by Crippen LogP contribution is -2.39. The first-order valence-electron chi connectivity index (χ1n) is 3.01. The molecule has 0 aliphatic carbocycles. The molecule has 0 spiro atoms. The number of hydrogen-bond donors (Lipinski definition) is 2. The van der Waals surface area contributed by atoms with Crippen LogP contribution in [0.25, 0.3) is 0 Å². The fourth-order valence-electron chi connectivity index (χ4n) is 0.381. The molecule has 11 heavy (non-hydrogen) atoms. The van der Waals surface area contributed by atoms with Crippen molar-refractivity contribution < 1.29 is 14.7 Å². The standard InChI is InChI=1S/C5H11N3O3/c1-3-11-5(9)8(2)4(6)7-10/h10H,3H2,1-2H3,(H2,6,7). The largest absolute Gasteiger partial charge is 0.449 e. The van der Waals surface area contributed by atoms with Crippen molar-refractivity contribution in [3.63, 3.8) is 0 Å². The van der Waals surface area contributed by atoms with E-state index in [1.165, 1.54) is 7.05 Å². The van der Waals surface area contributed by atoms with Gasteiger partial charge in [-0.2, -0.15) is 0 Å². The fraction of sp³-hybridized carbons (Fsp3) is 0.600. The van der Waals surface area contributed by atoms with Gasteiger partial charge in [-0.15, -0.1) is 0 Å². The summed E-state index contributed by atoms with van der Waals surface area (Å²) in [4.78, 5) is 11.7. The van der Waals surface area contributed by atoms with Crippen molar-refractivity contribution in [2.75, 3.05) is 13.7 Å². The maximum atomic E-state index is 10.8. The van der Waals surface area contributed by atoms with Crippen LogP contribution in [0.5, 0.6) is 0 Å². The molecule has 0 saturated carbocycles. The highest BCUT2D eigenvalue weighted by atomic mass is 16.6. The maximum Gasteiger partial charge on any atom is 0.416 e. The fourth-order valence-corrected chi connectivity index (χ4v) is 0.381. The van der Waals surface area contributed by atoms with Crippen LogP contribution >= 0.6 is 0 Å². The molecule has 6 nitrogen and oxygen atoms in total. The predicted octanol–water partition coefficient (Wildman–Crippen LogP) is -0.221. The minimum Gasteiger partial charge on any atom is -0.449 e. The number of carbonyl (C=O) groups excluding carboxylic acids is 1. The quantitative estimate of drug-likeness (QED) is 0.241. The predicted molar refractivity (Wildman–Crippen MR) is 38.2 cm³/mol. The summed E-state index contributed by atoms with van der Waals surface area (Å²) in [5.74, 6) is -0.302. The third kappa shape index (κ3) is 2.74. The Morgan fingerprint density at radius 2 is 2.36 bits per heavy atom. The lowest BCUT2D eigenvalue weighted by Gasteiger charge is -2.12. The Balaban J connectivity index is 4.02. The van der Waals surface area contributed by atoms with Crippen LogP contribution in [0.2, 0.25) is 0 Å². The molecule has 3 N–H and O–H groups in total. The number of oxime groups is 1. The molecule has 0 fully saturated rings. The van der Waals surface area contributed by atoms with Crippen molar-refractivity contribution >= 4 is 12.1 Å². The zero-order valence-corrected chi connectivity index (χ0v) is 6.44. The maximum absolute atomic E-state index is 10.8. The summed E-state index contributed by atoms with van der Waals surface area (Å²) in [5.41, 5.74) is 5.07. The smallest absolute Gasteiger partial charge is 0.416 e. The van der Waals surface area contributed by atoms with Crippen LogP contribution < -0.4 is 5.73 Å². The summed E-state index contributed by atoms with van der Waals surface area (Å²) in [5, 5.41) is 10.7. The second-order valence-corrected chi connectivity index (χ2v) is 1.72. The minimum absolute atomic E-state index is 0.252. The van der Waals surface area contributed by atoms with Crippen LogP contribution in [0, 0.1) is 0 Å². The summed E-state index contributed by atoms with van der Waals surface area (Å²) >= 11 is 0. The van der Waals surface area contributed by atoms with Gasteiger partial charge in [-0.3, -0.25) is 0 Å². The second-order valence-electron chi connectivity index (χ2n) is 1.72. The van der Waals surface area contributed by atoms with E-state index in [1.54, 1.807) is 6.92 Å². The first-order chi connectivity index (χ1) is 5.13. The number of guanidine groups is 1. The Morgan fingerprint density at radius 1 is 1.82 bits per heavy atom.